The van der Waals surface area contributed by atoms with Gasteiger partial charge in [-0.3, -0.25) is 9.59 Å². The first-order chi connectivity index (χ1) is 8.49. The van der Waals surface area contributed by atoms with Gasteiger partial charge in [-0.25, -0.2) is 0 Å². The minimum absolute atomic E-state index is 0.0200. The number of nitrogens with zero attached hydrogens (tertiary/aromatic N) is 1. The molecular formula is C13H18N2O2S. The molecule has 1 aromatic heterocycles. The number of amides is 2. The van der Waals surface area contributed by atoms with E-state index in [4.69, 9.17) is 5.73 Å². The molecule has 0 bridgehead atoms. The number of hydrogen-bond donors (Lipinski definition) is 1. The lowest BCUT2D eigenvalue weighted by atomic mass is 9.93. The summed E-state index contributed by atoms with van der Waals surface area (Å²) in [5, 5.41) is 0. The van der Waals surface area contributed by atoms with Crippen LogP contribution in [0.1, 0.15) is 34.3 Å². The van der Waals surface area contributed by atoms with E-state index in [0.29, 0.717) is 6.54 Å². The first-order valence-corrected chi connectivity index (χ1v) is 6.97. The van der Waals surface area contributed by atoms with Crippen LogP contribution in [0.4, 0.5) is 0 Å². The third-order valence-corrected chi connectivity index (χ3v) is 4.49. The average molecular weight is 266 g/mol. The fourth-order valence-electron chi connectivity index (χ4n) is 2.31. The fourth-order valence-corrected chi connectivity index (χ4v) is 3.14. The van der Waals surface area contributed by atoms with Gasteiger partial charge >= 0.3 is 0 Å². The second-order valence-electron chi connectivity index (χ2n) is 4.89. The maximum Gasteiger partial charge on any atom is 0.264 e. The normalized spacial score (nSPS) is 24.0. The molecule has 0 aromatic carbocycles. The van der Waals surface area contributed by atoms with Gasteiger partial charge in [0, 0.05) is 17.5 Å². The van der Waals surface area contributed by atoms with Gasteiger partial charge in [0.2, 0.25) is 5.91 Å². The van der Waals surface area contributed by atoms with Gasteiger partial charge < -0.3 is 10.6 Å². The van der Waals surface area contributed by atoms with Crippen molar-refractivity contribution in [2.45, 2.75) is 32.7 Å². The second kappa shape index (κ2) is 5.10. The number of aryl methyl sites for hydroxylation is 1. The molecule has 0 unspecified atom stereocenters. The summed E-state index contributed by atoms with van der Waals surface area (Å²) in [6.07, 6.45) is 1.62. The Kier molecular flexibility index (Phi) is 3.71. The quantitative estimate of drug-likeness (QED) is 0.887. The van der Waals surface area contributed by atoms with Crippen molar-refractivity contribution in [2.24, 2.45) is 11.7 Å². The minimum Gasteiger partial charge on any atom is -0.369 e. The molecule has 0 radical (unpaired) electrons. The molecule has 2 N–H and O–H groups in total. The van der Waals surface area contributed by atoms with Crippen molar-refractivity contribution >= 4 is 23.2 Å². The van der Waals surface area contributed by atoms with E-state index in [1.807, 2.05) is 26.0 Å². The molecule has 2 amide bonds. The van der Waals surface area contributed by atoms with E-state index < -0.39 is 0 Å². The summed E-state index contributed by atoms with van der Waals surface area (Å²) in [6.45, 7) is 4.45. The first kappa shape index (κ1) is 13.1. The first-order valence-electron chi connectivity index (χ1n) is 6.15. The standard InChI is InChI=1S/C13H18N2O2S/c1-8-3-5-10(12(14)16)7-15(8)13(17)11-6-4-9(2)18-11/h4,6,8,10H,3,5,7H2,1-2H3,(H2,14,16)/t8-,10-/m0/s1. The van der Waals surface area contributed by atoms with Crippen LogP contribution in [0.5, 0.6) is 0 Å². The molecule has 1 saturated heterocycles. The van der Waals surface area contributed by atoms with Crippen LogP contribution >= 0.6 is 11.3 Å². The Balaban J connectivity index is 2.15. The summed E-state index contributed by atoms with van der Waals surface area (Å²) < 4.78 is 0. The van der Waals surface area contributed by atoms with Gasteiger partial charge in [0.1, 0.15) is 0 Å². The Morgan fingerprint density at radius 2 is 2.11 bits per heavy atom. The van der Waals surface area contributed by atoms with Crippen molar-refractivity contribution in [1.82, 2.24) is 4.90 Å². The van der Waals surface area contributed by atoms with Gasteiger partial charge in [-0.2, -0.15) is 0 Å². The van der Waals surface area contributed by atoms with Gasteiger partial charge in [-0.05, 0) is 38.8 Å². The van der Waals surface area contributed by atoms with Crippen molar-refractivity contribution in [1.29, 1.82) is 0 Å². The lowest BCUT2D eigenvalue weighted by Gasteiger charge is -2.36. The van der Waals surface area contributed by atoms with Gasteiger partial charge in [-0.15, -0.1) is 11.3 Å². The number of primary amides is 1. The molecule has 2 rings (SSSR count). The number of carbonyl (C=O) groups excluding carboxylic acids is 2. The lowest BCUT2D eigenvalue weighted by molar-refractivity contribution is -0.123. The molecule has 98 valence electrons. The van der Waals surface area contributed by atoms with E-state index in [1.54, 1.807) is 4.90 Å². The highest BCUT2D eigenvalue weighted by Crippen LogP contribution is 2.25. The molecule has 0 saturated carbocycles. The van der Waals surface area contributed by atoms with Crippen LogP contribution in [0.15, 0.2) is 12.1 Å². The van der Waals surface area contributed by atoms with Gasteiger partial charge in [-0.1, -0.05) is 0 Å². The maximum atomic E-state index is 12.4. The number of carbonyl (C=O) groups is 2. The van der Waals surface area contributed by atoms with E-state index in [0.717, 1.165) is 22.6 Å². The Morgan fingerprint density at radius 3 is 2.67 bits per heavy atom. The summed E-state index contributed by atoms with van der Waals surface area (Å²) >= 11 is 1.49. The molecule has 0 spiro atoms. The van der Waals surface area contributed by atoms with Crippen molar-refractivity contribution in [3.05, 3.63) is 21.9 Å². The predicted molar refractivity (Wildman–Crippen MR) is 71.5 cm³/mol. The van der Waals surface area contributed by atoms with E-state index in [1.165, 1.54) is 11.3 Å². The third kappa shape index (κ3) is 2.56. The van der Waals surface area contributed by atoms with E-state index >= 15 is 0 Å². The molecule has 2 atom stereocenters. The summed E-state index contributed by atoms with van der Waals surface area (Å²) in [5.74, 6) is -0.486. The predicted octanol–water partition coefficient (Wildman–Crippen LogP) is 1.78. The number of hydrogen-bond acceptors (Lipinski definition) is 3. The molecule has 2 heterocycles. The number of piperidine rings is 1. The minimum atomic E-state index is -0.304. The van der Waals surface area contributed by atoms with Crippen molar-refractivity contribution in [2.75, 3.05) is 6.54 Å². The molecule has 1 fully saturated rings. The summed E-state index contributed by atoms with van der Waals surface area (Å²) in [6, 6.07) is 3.97. The highest BCUT2D eigenvalue weighted by atomic mass is 32.1. The summed E-state index contributed by atoms with van der Waals surface area (Å²) in [7, 11) is 0. The smallest absolute Gasteiger partial charge is 0.264 e. The zero-order valence-corrected chi connectivity index (χ0v) is 11.5. The highest BCUT2D eigenvalue weighted by molar-refractivity contribution is 7.13. The van der Waals surface area contributed by atoms with Gasteiger partial charge in [0.05, 0.1) is 10.8 Å². The molecular weight excluding hydrogens is 248 g/mol. The molecule has 0 aliphatic carbocycles. The second-order valence-corrected chi connectivity index (χ2v) is 6.18. The topological polar surface area (TPSA) is 63.4 Å². The number of likely N-dealkylation sites (tertiary alicyclic amines) is 1. The van der Waals surface area contributed by atoms with E-state index in [2.05, 4.69) is 0 Å². The van der Waals surface area contributed by atoms with Crippen LogP contribution in [0.2, 0.25) is 0 Å². The monoisotopic (exact) mass is 266 g/mol. The van der Waals surface area contributed by atoms with Crippen LogP contribution in [0, 0.1) is 12.8 Å². The van der Waals surface area contributed by atoms with Crippen LogP contribution in [-0.4, -0.2) is 29.3 Å². The largest absolute Gasteiger partial charge is 0.369 e. The molecule has 1 aliphatic rings. The van der Waals surface area contributed by atoms with Gasteiger partial charge in [0.25, 0.3) is 5.91 Å². The van der Waals surface area contributed by atoms with Crippen LogP contribution in [0.25, 0.3) is 0 Å². The fraction of sp³-hybridized carbons (Fsp3) is 0.538. The van der Waals surface area contributed by atoms with Crippen molar-refractivity contribution in [3.8, 4) is 0 Å². The maximum absolute atomic E-state index is 12.4. The lowest BCUT2D eigenvalue weighted by Crippen LogP contribution is -2.48. The zero-order chi connectivity index (χ0) is 13.3. The van der Waals surface area contributed by atoms with Crippen molar-refractivity contribution in [3.63, 3.8) is 0 Å². The van der Waals surface area contributed by atoms with E-state index in [9.17, 15) is 9.59 Å². The van der Waals surface area contributed by atoms with E-state index in [-0.39, 0.29) is 23.8 Å². The number of thiophene rings is 1. The molecule has 1 aliphatic heterocycles. The highest BCUT2D eigenvalue weighted by Gasteiger charge is 2.32. The molecule has 4 nitrogen and oxygen atoms in total. The Morgan fingerprint density at radius 1 is 1.39 bits per heavy atom. The van der Waals surface area contributed by atoms with Crippen LogP contribution in [-0.2, 0) is 4.79 Å². The SMILES string of the molecule is Cc1ccc(C(=O)N2C[C@@H](C(N)=O)CC[C@@H]2C)s1. The van der Waals surface area contributed by atoms with Crippen LogP contribution in [0.3, 0.4) is 0 Å². The summed E-state index contributed by atoms with van der Waals surface area (Å²) in [4.78, 5) is 27.3. The number of rotatable bonds is 2. The summed E-state index contributed by atoms with van der Waals surface area (Å²) in [5.41, 5.74) is 5.34. The van der Waals surface area contributed by atoms with Crippen LogP contribution < -0.4 is 5.73 Å². The Hall–Kier alpha value is -1.36. The number of nitrogens with two attached hydrogens (primary N) is 1. The zero-order valence-electron chi connectivity index (χ0n) is 10.7. The molecule has 5 heteroatoms. The average Bonchev–Trinajstić information content (AvgIpc) is 2.75. The van der Waals surface area contributed by atoms with Gasteiger partial charge in [0.15, 0.2) is 0 Å². The molecule has 18 heavy (non-hydrogen) atoms. The Labute approximate surface area is 111 Å². The molecule has 1 aromatic rings. The third-order valence-electron chi connectivity index (χ3n) is 3.50. The Bertz CT molecular complexity index is 469. The van der Waals surface area contributed by atoms with Crippen molar-refractivity contribution < 1.29 is 9.59 Å².